The molecule has 10 nitrogen and oxygen atoms in total. The molecule has 5 N–H and O–H groups in total. The van der Waals surface area contributed by atoms with Crippen molar-refractivity contribution in [2.45, 2.75) is 12.8 Å². The third kappa shape index (κ3) is 6.95. The molecule has 0 spiro atoms. The van der Waals surface area contributed by atoms with Gasteiger partial charge in [0.1, 0.15) is 0 Å². The first-order chi connectivity index (χ1) is 15.0. The van der Waals surface area contributed by atoms with Gasteiger partial charge in [0.05, 0.1) is 6.20 Å². The van der Waals surface area contributed by atoms with Crippen molar-refractivity contribution < 1.29 is 21.2 Å². The molecule has 1 aromatic rings. The Morgan fingerprint density at radius 2 is 1.81 bits per heavy atom. The van der Waals surface area contributed by atoms with E-state index in [9.17, 15) is 21.2 Å². The number of hydrogen-bond acceptors (Lipinski definition) is 8. The number of aromatic nitrogens is 2. The van der Waals surface area contributed by atoms with Crippen LogP contribution in [0, 0.1) is 5.82 Å². The number of nitrogens with two attached hydrogens (primary N) is 1. The minimum absolute atomic E-state index is 0.0859. The zero-order valence-electron chi connectivity index (χ0n) is 16.9. The van der Waals surface area contributed by atoms with Crippen LogP contribution in [0.4, 0.5) is 16.2 Å². The molecule has 170 valence electrons. The van der Waals surface area contributed by atoms with Gasteiger partial charge in [-0.25, -0.2) is 36.1 Å². The summed E-state index contributed by atoms with van der Waals surface area (Å²) >= 11 is 0. The molecule has 0 radical (unpaired) electrons. The zero-order chi connectivity index (χ0) is 23.4. The fourth-order valence-electron chi connectivity index (χ4n) is 2.78. The second kappa shape index (κ2) is 9.56. The fourth-order valence-corrected chi connectivity index (χ4v) is 4.06. The van der Waals surface area contributed by atoms with Crippen LogP contribution in [0.15, 0.2) is 76.0 Å². The van der Waals surface area contributed by atoms with Crippen LogP contribution in [0.5, 0.6) is 0 Å². The van der Waals surface area contributed by atoms with Gasteiger partial charge in [0.15, 0.2) is 11.6 Å². The molecule has 1 heterocycles. The van der Waals surface area contributed by atoms with E-state index in [1.807, 2.05) is 0 Å². The standard InChI is InChI=1S/C19H21FN6O4S2/c1-22-32(29,30)12-13-5-7-15(8-6-13)24-18-17(20)10-23-19(26-18)25-16-4-2-3-14(9-16)11-31(21,27)28/h2,4-5,7-12,22H,3,6H2,1H3,(H2,21,27,28)(H2,23,24,25,26)/b13-12-,14-11+. The van der Waals surface area contributed by atoms with Gasteiger partial charge >= 0.3 is 0 Å². The lowest BCUT2D eigenvalue weighted by Crippen LogP contribution is -2.16. The lowest BCUT2D eigenvalue weighted by atomic mass is 10.1. The number of primary sulfonamides is 1. The molecule has 2 aliphatic carbocycles. The summed E-state index contributed by atoms with van der Waals surface area (Å²) in [6.07, 6.45) is 11.6. The zero-order valence-corrected chi connectivity index (χ0v) is 18.5. The first kappa shape index (κ1) is 23.5. The van der Waals surface area contributed by atoms with Crippen molar-refractivity contribution in [3.63, 3.8) is 0 Å². The van der Waals surface area contributed by atoms with E-state index in [1.54, 1.807) is 36.5 Å². The summed E-state index contributed by atoms with van der Waals surface area (Å²) in [4.78, 5) is 8.00. The minimum Gasteiger partial charge on any atom is -0.338 e. The lowest BCUT2D eigenvalue weighted by molar-refractivity contribution is 0.596. The van der Waals surface area contributed by atoms with Gasteiger partial charge in [0, 0.05) is 22.2 Å². The molecule has 0 aromatic carbocycles. The lowest BCUT2D eigenvalue weighted by Gasteiger charge is -2.14. The molecule has 32 heavy (non-hydrogen) atoms. The van der Waals surface area contributed by atoms with E-state index in [-0.39, 0.29) is 11.8 Å². The van der Waals surface area contributed by atoms with E-state index in [2.05, 4.69) is 25.3 Å². The second-order valence-corrected chi connectivity index (χ2v) is 9.91. The van der Waals surface area contributed by atoms with Crippen molar-refractivity contribution in [2.75, 3.05) is 17.7 Å². The highest BCUT2D eigenvalue weighted by Crippen LogP contribution is 2.22. The topological polar surface area (TPSA) is 156 Å². The van der Waals surface area contributed by atoms with Gasteiger partial charge in [0.2, 0.25) is 26.0 Å². The molecule has 0 aliphatic heterocycles. The molecule has 2 aliphatic rings. The summed E-state index contributed by atoms with van der Waals surface area (Å²) in [5.74, 6) is -0.691. The number of nitrogens with zero attached hydrogens (tertiary/aromatic N) is 2. The second-order valence-electron chi connectivity index (χ2n) is 6.77. The number of allylic oxidation sites excluding steroid dienone is 8. The molecular weight excluding hydrogens is 459 g/mol. The Morgan fingerprint density at radius 3 is 2.47 bits per heavy atom. The predicted molar refractivity (Wildman–Crippen MR) is 120 cm³/mol. The minimum atomic E-state index is -3.78. The summed E-state index contributed by atoms with van der Waals surface area (Å²) in [5, 5.41) is 12.8. The van der Waals surface area contributed by atoms with Crippen molar-refractivity contribution in [1.29, 1.82) is 0 Å². The molecule has 3 rings (SSSR count). The number of anilines is 2. The van der Waals surface area contributed by atoms with E-state index in [4.69, 9.17) is 5.14 Å². The summed E-state index contributed by atoms with van der Waals surface area (Å²) in [5.41, 5.74) is 2.07. The monoisotopic (exact) mass is 480 g/mol. The van der Waals surface area contributed by atoms with Gasteiger partial charge in [-0.15, -0.1) is 0 Å². The summed E-state index contributed by atoms with van der Waals surface area (Å²) in [6, 6.07) is 0. The van der Waals surface area contributed by atoms with Crippen molar-refractivity contribution in [1.82, 2.24) is 14.7 Å². The molecule has 0 saturated heterocycles. The summed E-state index contributed by atoms with van der Waals surface area (Å²) < 4.78 is 62.1. The van der Waals surface area contributed by atoms with Crippen LogP contribution in [-0.2, 0) is 20.0 Å². The predicted octanol–water partition coefficient (Wildman–Crippen LogP) is 1.73. The number of nitrogens with one attached hydrogen (secondary N) is 3. The molecule has 0 bridgehead atoms. The van der Waals surface area contributed by atoms with E-state index >= 15 is 0 Å². The smallest absolute Gasteiger partial charge is 0.233 e. The van der Waals surface area contributed by atoms with E-state index < -0.39 is 25.9 Å². The molecule has 13 heteroatoms. The molecule has 1 aromatic heterocycles. The van der Waals surface area contributed by atoms with Crippen molar-refractivity contribution in [3.8, 4) is 0 Å². The average Bonchev–Trinajstić information content (AvgIpc) is 2.71. The fraction of sp³-hybridized carbons (Fsp3) is 0.158. The number of sulfonamides is 2. The Bertz CT molecular complexity index is 1310. The van der Waals surface area contributed by atoms with Crippen molar-refractivity contribution >= 4 is 31.8 Å². The van der Waals surface area contributed by atoms with Crippen LogP contribution in [0.1, 0.15) is 12.8 Å². The van der Waals surface area contributed by atoms with Crippen LogP contribution in [0.25, 0.3) is 0 Å². The SMILES string of the molecule is CNS(=O)(=O)/C=C1/C=CC(Nc2nc(NC3=C/C(=C/S(N)(=O)=O)CC=C3)ncc2F)=CC1. The van der Waals surface area contributed by atoms with Crippen molar-refractivity contribution in [3.05, 3.63) is 81.8 Å². The molecular formula is C19H21FN6O4S2. The third-order valence-corrected chi connectivity index (χ3v) is 6.01. The highest BCUT2D eigenvalue weighted by molar-refractivity contribution is 7.92. The van der Waals surface area contributed by atoms with E-state index in [0.717, 1.165) is 17.0 Å². The van der Waals surface area contributed by atoms with Gasteiger partial charge in [-0.2, -0.15) is 4.98 Å². The molecule has 0 saturated carbocycles. The Kier molecular flexibility index (Phi) is 7.03. The maximum Gasteiger partial charge on any atom is 0.233 e. The first-order valence-electron chi connectivity index (χ1n) is 9.23. The highest BCUT2D eigenvalue weighted by Gasteiger charge is 2.12. The normalized spacial score (nSPS) is 19.1. The quantitative estimate of drug-likeness (QED) is 0.460. The van der Waals surface area contributed by atoms with Crippen LogP contribution >= 0.6 is 0 Å². The van der Waals surface area contributed by atoms with Gasteiger partial charge in [-0.3, -0.25) is 0 Å². The Hall–Kier alpha value is -3.13. The summed E-state index contributed by atoms with van der Waals surface area (Å²) in [7, 11) is -5.95. The molecule has 0 amide bonds. The van der Waals surface area contributed by atoms with E-state index in [1.165, 1.54) is 7.05 Å². The van der Waals surface area contributed by atoms with E-state index in [0.29, 0.717) is 35.4 Å². The third-order valence-electron chi connectivity index (χ3n) is 4.20. The highest BCUT2D eigenvalue weighted by atomic mass is 32.2. The van der Waals surface area contributed by atoms with Crippen LogP contribution in [-0.4, -0.2) is 33.9 Å². The Morgan fingerprint density at radius 1 is 1.03 bits per heavy atom. The first-order valence-corrected chi connectivity index (χ1v) is 12.4. The average molecular weight is 481 g/mol. The Labute approximate surface area is 185 Å². The number of hydrogen-bond donors (Lipinski definition) is 4. The maximum atomic E-state index is 14.2. The van der Waals surface area contributed by atoms with Crippen LogP contribution in [0.2, 0.25) is 0 Å². The van der Waals surface area contributed by atoms with Gasteiger partial charge < -0.3 is 10.6 Å². The molecule has 0 unspecified atom stereocenters. The largest absolute Gasteiger partial charge is 0.338 e. The Balaban J connectivity index is 1.74. The number of halogens is 1. The van der Waals surface area contributed by atoms with Crippen LogP contribution < -0.4 is 20.5 Å². The van der Waals surface area contributed by atoms with Crippen LogP contribution in [0.3, 0.4) is 0 Å². The van der Waals surface area contributed by atoms with Crippen molar-refractivity contribution in [2.24, 2.45) is 5.14 Å². The van der Waals surface area contributed by atoms with Gasteiger partial charge in [0.25, 0.3) is 0 Å². The maximum absolute atomic E-state index is 14.2. The molecule has 0 fully saturated rings. The van der Waals surface area contributed by atoms with Gasteiger partial charge in [-0.05, 0) is 49.3 Å². The molecule has 0 atom stereocenters. The van der Waals surface area contributed by atoms with Gasteiger partial charge in [-0.1, -0.05) is 18.2 Å². The number of rotatable bonds is 7. The summed E-state index contributed by atoms with van der Waals surface area (Å²) in [6.45, 7) is 0.